The van der Waals surface area contributed by atoms with Gasteiger partial charge in [-0.3, -0.25) is 14.4 Å². The van der Waals surface area contributed by atoms with Crippen molar-refractivity contribution in [1.82, 2.24) is 9.47 Å². The second-order valence-electron chi connectivity index (χ2n) is 6.91. The molecule has 2 amide bonds. The number of para-hydroxylation sites is 1. The Morgan fingerprint density at radius 2 is 1.72 bits per heavy atom. The Kier molecular flexibility index (Phi) is 6.12. The van der Waals surface area contributed by atoms with Crippen molar-refractivity contribution in [3.8, 4) is 0 Å². The number of fused-ring (bicyclic) bond motifs is 1. The van der Waals surface area contributed by atoms with E-state index in [-0.39, 0.29) is 12.5 Å². The largest absolute Gasteiger partial charge is 0.337 e. The van der Waals surface area contributed by atoms with Crippen LogP contribution in [0.3, 0.4) is 0 Å². The zero-order valence-corrected chi connectivity index (χ0v) is 16.9. The molecule has 6 heteroatoms. The number of Topliss-reactive ketones (excluding diaryl/α,β-unsaturated/α-hetero) is 1. The van der Waals surface area contributed by atoms with E-state index in [2.05, 4.69) is 5.32 Å². The van der Waals surface area contributed by atoms with Crippen molar-refractivity contribution >= 4 is 34.2 Å². The van der Waals surface area contributed by atoms with Crippen LogP contribution >= 0.6 is 0 Å². The van der Waals surface area contributed by atoms with Gasteiger partial charge in [0.15, 0.2) is 0 Å². The van der Waals surface area contributed by atoms with Gasteiger partial charge in [-0.1, -0.05) is 30.3 Å². The molecule has 3 rings (SSSR count). The molecule has 29 heavy (non-hydrogen) atoms. The van der Waals surface area contributed by atoms with Crippen LogP contribution in [-0.4, -0.2) is 40.2 Å². The predicted molar refractivity (Wildman–Crippen MR) is 114 cm³/mol. The summed E-state index contributed by atoms with van der Waals surface area (Å²) in [6, 6.07) is 14.9. The number of nitrogens with one attached hydrogen (secondary N) is 1. The number of hydrogen-bond acceptors (Lipinski definition) is 3. The van der Waals surface area contributed by atoms with Crippen LogP contribution in [0.25, 0.3) is 10.9 Å². The van der Waals surface area contributed by atoms with Crippen LogP contribution in [-0.2, 0) is 16.1 Å². The quantitative estimate of drug-likeness (QED) is 0.494. The maximum absolute atomic E-state index is 12.8. The first-order valence-corrected chi connectivity index (χ1v) is 9.72. The van der Waals surface area contributed by atoms with Gasteiger partial charge in [-0.2, -0.15) is 0 Å². The van der Waals surface area contributed by atoms with Crippen LogP contribution < -0.4 is 5.32 Å². The van der Waals surface area contributed by atoms with Gasteiger partial charge in [0.2, 0.25) is 5.91 Å². The van der Waals surface area contributed by atoms with E-state index in [0.717, 1.165) is 16.8 Å². The first-order chi connectivity index (χ1) is 13.9. The molecule has 0 fully saturated rings. The monoisotopic (exact) mass is 391 g/mol. The lowest BCUT2D eigenvalue weighted by atomic mass is 10.1. The summed E-state index contributed by atoms with van der Waals surface area (Å²) in [7, 11) is 0. The number of benzene rings is 2. The van der Waals surface area contributed by atoms with Gasteiger partial charge in [-0.15, -0.1) is 0 Å². The van der Waals surface area contributed by atoms with Crippen molar-refractivity contribution in [1.29, 1.82) is 0 Å². The Morgan fingerprint density at radius 1 is 1.00 bits per heavy atom. The van der Waals surface area contributed by atoms with Gasteiger partial charge in [0.05, 0.1) is 5.56 Å². The molecule has 0 saturated carbocycles. The van der Waals surface area contributed by atoms with E-state index in [0.29, 0.717) is 24.0 Å². The number of anilines is 1. The Bertz CT molecular complexity index is 1060. The van der Waals surface area contributed by atoms with Gasteiger partial charge in [0, 0.05) is 35.9 Å². The molecule has 0 atom stereocenters. The van der Waals surface area contributed by atoms with Gasteiger partial charge >= 0.3 is 0 Å². The zero-order chi connectivity index (χ0) is 21.0. The minimum atomic E-state index is -0.553. The van der Waals surface area contributed by atoms with Crippen LogP contribution in [0.2, 0.25) is 0 Å². The van der Waals surface area contributed by atoms with E-state index >= 15 is 0 Å². The second kappa shape index (κ2) is 8.73. The molecule has 0 spiro atoms. The highest BCUT2D eigenvalue weighted by molar-refractivity contribution is 6.44. The summed E-state index contributed by atoms with van der Waals surface area (Å²) in [6.07, 6.45) is 1.60. The summed E-state index contributed by atoms with van der Waals surface area (Å²) in [5.74, 6) is -1.28. The van der Waals surface area contributed by atoms with Crippen LogP contribution in [0.5, 0.6) is 0 Å². The Balaban J connectivity index is 1.89. The topological polar surface area (TPSA) is 71.4 Å². The van der Waals surface area contributed by atoms with Crippen molar-refractivity contribution < 1.29 is 14.4 Å². The highest BCUT2D eigenvalue weighted by atomic mass is 16.2. The number of rotatable bonds is 7. The minimum absolute atomic E-state index is 0.0429. The highest BCUT2D eigenvalue weighted by Gasteiger charge is 2.25. The van der Waals surface area contributed by atoms with Crippen LogP contribution in [0, 0.1) is 6.92 Å². The molecular formula is C23H25N3O3. The summed E-state index contributed by atoms with van der Waals surface area (Å²) in [5.41, 5.74) is 2.83. The Labute approximate surface area is 170 Å². The third-order valence-electron chi connectivity index (χ3n) is 4.89. The molecule has 6 nitrogen and oxygen atoms in total. The second-order valence-corrected chi connectivity index (χ2v) is 6.91. The van der Waals surface area contributed by atoms with Crippen LogP contribution in [0.4, 0.5) is 5.69 Å². The van der Waals surface area contributed by atoms with Crippen molar-refractivity contribution in [2.24, 2.45) is 0 Å². The first-order valence-electron chi connectivity index (χ1n) is 9.72. The van der Waals surface area contributed by atoms with Crippen molar-refractivity contribution in [3.63, 3.8) is 0 Å². The average Bonchev–Trinajstić information content (AvgIpc) is 3.06. The average molecular weight is 391 g/mol. The molecule has 1 heterocycles. The molecule has 0 aliphatic rings. The molecule has 0 unspecified atom stereocenters. The number of hydrogen-bond donors (Lipinski definition) is 1. The number of amides is 2. The van der Waals surface area contributed by atoms with Crippen molar-refractivity contribution in [2.75, 3.05) is 18.4 Å². The molecule has 0 bridgehead atoms. The first kappa shape index (κ1) is 20.3. The number of nitrogens with zero attached hydrogens (tertiary/aromatic N) is 2. The van der Waals surface area contributed by atoms with E-state index in [1.807, 2.05) is 63.2 Å². The fraction of sp³-hybridized carbons (Fsp3) is 0.261. The third kappa shape index (κ3) is 4.37. The van der Waals surface area contributed by atoms with E-state index < -0.39 is 11.7 Å². The normalized spacial score (nSPS) is 10.7. The Morgan fingerprint density at radius 3 is 2.41 bits per heavy atom. The van der Waals surface area contributed by atoms with Crippen LogP contribution in [0.15, 0.2) is 54.7 Å². The number of carbonyl (C=O) groups is 3. The summed E-state index contributed by atoms with van der Waals surface area (Å²) < 4.78 is 1.71. The molecule has 150 valence electrons. The fourth-order valence-corrected chi connectivity index (χ4v) is 3.41. The third-order valence-corrected chi connectivity index (χ3v) is 4.89. The number of aryl methyl sites for hydroxylation is 1. The van der Waals surface area contributed by atoms with Gasteiger partial charge in [0.1, 0.15) is 6.54 Å². The lowest BCUT2D eigenvalue weighted by Gasteiger charge is -2.17. The van der Waals surface area contributed by atoms with E-state index in [1.165, 1.54) is 4.90 Å². The van der Waals surface area contributed by atoms with E-state index in [4.69, 9.17) is 0 Å². The maximum Gasteiger partial charge on any atom is 0.295 e. The summed E-state index contributed by atoms with van der Waals surface area (Å²) in [5, 5.41) is 3.54. The Hall–Kier alpha value is -3.41. The van der Waals surface area contributed by atoms with E-state index in [9.17, 15) is 14.4 Å². The number of carbonyl (C=O) groups excluding carboxylic acids is 3. The number of aromatic nitrogens is 1. The molecule has 1 aromatic heterocycles. The molecule has 1 N–H and O–H groups in total. The molecule has 0 radical (unpaired) electrons. The number of ketones is 1. The molecule has 2 aromatic carbocycles. The standard InChI is InChI=1S/C23H25N3O3/c1-4-25(5-2)23(29)22(28)19-14-26(20-12-7-6-11-18(19)20)15-21(27)24-17-10-8-9-16(3)13-17/h6-14H,4-5,15H2,1-3H3,(H,24,27). The van der Waals surface area contributed by atoms with Gasteiger partial charge in [0.25, 0.3) is 11.7 Å². The number of likely N-dealkylation sites (N-methyl/N-ethyl adjacent to an activating group) is 1. The van der Waals surface area contributed by atoms with Gasteiger partial charge < -0.3 is 14.8 Å². The van der Waals surface area contributed by atoms with Gasteiger partial charge in [-0.05, 0) is 44.5 Å². The lowest BCUT2D eigenvalue weighted by Crippen LogP contribution is -2.36. The molecule has 0 aliphatic carbocycles. The maximum atomic E-state index is 12.8. The zero-order valence-electron chi connectivity index (χ0n) is 16.9. The molecular weight excluding hydrogens is 366 g/mol. The highest BCUT2D eigenvalue weighted by Crippen LogP contribution is 2.23. The predicted octanol–water partition coefficient (Wildman–Crippen LogP) is 3.64. The summed E-state index contributed by atoms with van der Waals surface area (Å²) >= 11 is 0. The summed E-state index contributed by atoms with van der Waals surface area (Å²) in [6.45, 7) is 6.62. The van der Waals surface area contributed by atoms with Gasteiger partial charge in [-0.25, -0.2) is 0 Å². The molecule has 3 aromatic rings. The lowest BCUT2D eigenvalue weighted by molar-refractivity contribution is -0.126. The fourth-order valence-electron chi connectivity index (χ4n) is 3.41. The van der Waals surface area contributed by atoms with E-state index in [1.54, 1.807) is 16.8 Å². The molecule has 0 aliphatic heterocycles. The van der Waals surface area contributed by atoms with Crippen molar-refractivity contribution in [2.45, 2.75) is 27.3 Å². The van der Waals surface area contributed by atoms with Crippen LogP contribution in [0.1, 0.15) is 29.8 Å². The minimum Gasteiger partial charge on any atom is -0.337 e. The summed E-state index contributed by atoms with van der Waals surface area (Å²) in [4.78, 5) is 39.4. The smallest absolute Gasteiger partial charge is 0.295 e. The molecule has 0 saturated heterocycles. The van der Waals surface area contributed by atoms with Crippen molar-refractivity contribution in [3.05, 3.63) is 65.9 Å². The SMILES string of the molecule is CCN(CC)C(=O)C(=O)c1cn(CC(=O)Nc2cccc(C)c2)c2ccccc12.